The van der Waals surface area contributed by atoms with Crippen molar-refractivity contribution in [3.63, 3.8) is 0 Å². The molecule has 0 amide bonds. The maximum absolute atomic E-state index is 13.1. The van der Waals surface area contributed by atoms with Gasteiger partial charge in [-0.25, -0.2) is 4.98 Å². The number of carbonyl (C=O) groups is 1. The predicted molar refractivity (Wildman–Crippen MR) is 136 cm³/mol. The molecular formula is C28H28N4O3. The van der Waals surface area contributed by atoms with Gasteiger partial charge in [0.25, 0.3) is 5.56 Å². The number of piperidine rings is 1. The van der Waals surface area contributed by atoms with Crippen molar-refractivity contribution in [2.24, 2.45) is 0 Å². The molecule has 0 atom stereocenters. The lowest BCUT2D eigenvalue weighted by molar-refractivity contribution is 0.103. The molecule has 0 radical (unpaired) electrons. The Bertz CT molecular complexity index is 1410. The molecule has 7 heteroatoms. The minimum Gasteiger partial charge on any atom is -0.507 e. The third kappa shape index (κ3) is 4.49. The minimum absolute atomic E-state index is 0.0440. The van der Waals surface area contributed by atoms with E-state index in [0.29, 0.717) is 22.3 Å². The van der Waals surface area contributed by atoms with Gasteiger partial charge in [0.05, 0.1) is 5.69 Å². The van der Waals surface area contributed by atoms with Crippen LogP contribution in [0.5, 0.6) is 5.75 Å². The van der Waals surface area contributed by atoms with Crippen molar-refractivity contribution in [2.45, 2.75) is 32.6 Å². The summed E-state index contributed by atoms with van der Waals surface area (Å²) in [6.45, 7) is 5.09. The molecule has 35 heavy (non-hydrogen) atoms. The fourth-order valence-electron chi connectivity index (χ4n) is 4.83. The van der Waals surface area contributed by atoms with Crippen LogP contribution in [0.3, 0.4) is 0 Å². The van der Waals surface area contributed by atoms with Crippen molar-refractivity contribution in [3.05, 3.63) is 105 Å². The molecule has 2 N–H and O–H groups in total. The van der Waals surface area contributed by atoms with E-state index in [-0.39, 0.29) is 23.0 Å². The van der Waals surface area contributed by atoms with Crippen LogP contribution in [0.4, 0.5) is 5.82 Å². The highest BCUT2D eigenvalue weighted by Crippen LogP contribution is 2.30. The van der Waals surface area contributed by atoms with Crippen molar-refractivity contribution in [1.82, 2.24) is 14.8 Å². The van der Waals surface area contributed by atoms with Crippen LogP contribution in [0.15, 0.2) is 71.8 Å². The number of nitrogens with one attached hydrogen (secondary N) is 1. The molecule has 178 valence electrons. The number of hydrogen-bond acceptors (Lipinski definition) is 5. The van der Waals surface area contributed by atoms with Crippen LogP contribution >= 0.6 is 0 Å². The van der Waals surface area contributed by atoms with Crippen molar-refractivity contribution in [2.75, 3.05) is 18.0 Å². The second-order valence-corrected chi connectivity index (χ2v) is 9.18. The molecule has 1 aliphatic rings. The monoisotopic (exact) mass is 468 g/mol. The van der Waals surface area contributed by atoms with Crippen molar-refractivity contribution in [1.29, 1.82) is 0 Å². The average Bonchev–Trinajstić information content (AvgIpc) is 3.28. The van der Waals surface area contributed by atoms with Gasteiger partial charge in [0, 0.05) is 42.2 Å². The molecule has 0 unspecified atom stereocenters. The number of nitrogens with zero attached hydrogens (tertiary/aromatic N) is 3. The molecule has 0 spiro atoms. The van der Waals surface area contributed by atoms with Crippen LogP contribution in [0.1, 0.15) is 51.4 Å². The summed E-state index contributed by atoms with van der Waals surface area (Å²) in [4.78, 5) is 32.4. The maximum atomic E-state index is 13.1. The molecule has 4 aromatic rings. The van der Waals surface area contributed by atoms with E-state index < -0.39 is 0 Å². The molecule has 5 rings (SSSR count). The number of phenolic OH excluding ortho intramolecular Hbond substituents is 1. The van der Waals surface area contributed by atoms with E-state index in [4.69, 9.17) is 0 Å². The fraction of sp³-hybridized carbons (Fsp3) is 0.250. The van der Waals surface area contributed by atoms with Gasteiger partial charge in [0.1, 0.15) is 11.6 Å². The third-order valence-corrected chi connectivity index (χ3v) is 6.81. The number of pyridine rings is 1. The van der Waals surface area contributed by atoms with Crippen LogP contribution in [0.25, 0.3) is 5.69 Å². The summed E-state index contributed by atoms with van der Waals surface area (Å²) in [6, 6.07) is 16.8. The minimum atomic E-state index is -0.0940. The molecule has 1 fully saturated rings. The Kier molecular flexibility index (Phi) is 5.99. The molecule has 3 heterocycles. The van der Waals surface area contributed by atoms with E-state index >= 15 is 0 Å². The number of aromatic hydroxyl groups is 1. The number of H-pyrrole nitrogens is 1. The zero-order valence-corrected chi connectivity index (χ0v) is 19.9. The smallest absolute Gasteiger partial charge is 0.267 e. The van der Waals surface area contributed by atoms with E-state index in [9.17, 15) is 14.7 Å². The van der Waals surface area contributed by atoms with Gasteiger partial charge >= 0.3 is 0 Å². The summed E-state index contributed by atoms with van der Waals surface area (Å²) >= 11 is 0. The lowest BCUT2D eigenvalue weighted by Gasteiger charge is -2.32. The van der Waals surface area contributed by atoms with Crippen molar-refractivity contribution >= 4 is 11.6 Å². The van der Waals surface area contributed by atoms with Gasteiger partial charge in [-0.3, -0.25) is 19.4 Å². The number of aromatic nitrogens is 3. The SMILES string of the molecule is Cc1cc(C(=O)c2ccnc(N3CCC(c4cn(-c5ccccc5)[nH]c4=O)CC3)c2)cc(C)c1O. The second kappa shape index (κ2) is 9.25. The van der Waals surface area contributed by atoms with Gasteiger partial charge in [-0.1, -0.05) is 18.2 Å². The standard InChI is InChI=1S/C28H28N4O3/c1-18-14-22(15-19(2)26(18)33)27(34)21-8-11-29-25(16-21)31-12-9-20(10-13-31)24-17-32(30-28(24)35)23-6-4-3-5-7-23/h3-8,11,14-17,20,33H,9-10,12-13H2,1-2H3,(H,30,35). The molecule has 2 aromatic carbocycles. The summed E-state index contributed by atoms with van der Waals surface area (Å²) in [7, 11) is 0. The normalized spacial score (nSPS) is 14.3. The predicted octanol–water partition coefficient (Wildman–Crippen LogP) is 4.50. The molecule has 0 aliphatic carbocycles. The Balaban J connectivity index is 1.30. The van der Waals surface area contributed by atoms with Crippen molar-refractivity contribution < 1.29 is 9.90 Å². The van der Waals surface area contributed by atoms with Crippen LogP contribution in [0.2, 0.25) is 0 Å². The van der Waals surface area contributed by atoms with Crippen LogP contribution in [-0.2, 0) is 0 Å². The third-order valence-electron chi connectivity index (χ3n) is 6.81. The maximum Gasteiger partial charge on any atom is 0.267 e. The number of phenols is 1. The molecule has 0 bridgehead atoms. The number of para-hydroxylation sites is 1. The van der Waals surface area contributed by atoms with Crippen molar-refractivity contribution in [3.8, 4) is 11.4 Å². The van der Waals surface area contributed by atoms with Gasteiger partial charge in [-0.15, -0.1) is 0 Å². The Morgan fingerprint density at radius 1 is 1.00 bits per heavy atom. The fourth-order valence-corrected chi connectivity index (χ4v) is 4.83. The largest absolute Gasteiger partial charge is 0.507 e. The summed E-state index contributed by atoms with van der Waals surface area (Å²) in [5.41, 5.74) is 4.18. The number of carbonyl (C=O) groups excluding carboxylic acids is 1. The Morgan fingerprint density at radius 2 is 1.69 bits per heavy atom. The van der Waals surface area contributed by atoms with Crippen LogP contribution in [-0.4, -0.2) is 38.7 Å². The van der Waals surface area contributed by atoms with Gasteiger partial charge in [-0.2, -0.15) is 0 Å². The number of ketones is 1. The lowest BCUT2D eigenvalue weighted by Crippen LogP contribution is -2.34. The quantitative estimate of drug-likeness (QED) is 0.421. The first-order valence-electron chi connectivity index (χ1n) is 11.8. The molecular weight excluding hydrogens is 440 g/mol. The average molecular weight is 469 g/mol. The summed E-state index contributed by atoms with van der Waals surface area (Å²) in [5, 5.41) is 13.0. The van der Waals surface area contributed by atoms with Gasteiger partial charge in [0.15, 0.2) is 5.78 Å². The van der Waals surface area contributed by atoms with E-state index in [0.717, 1.165) is 43.0 Å². The molecule has 0 saturated carbocycles. The van der Waals surface area contributed by atoms with E-state index in [2.05, 4.69) is 15.0 Å². The van der Waals surface area contributed by atoms with E-state index in [1.165, 1.54) is 0 Å². The molecule has 7 nitrogen and oxygen atoms in total. The summed E-state index contributed by atoms with van der Waals surface area (Å²) in [5.74, 6) is 1.06. The number of hydrogen-bond donors (Lipinski definition) is 2. The second-order valence-electron chi connectivity index (χ2n) is 9.18. The lowest BCUT2D eigenvalue weighted by atomic mass is 9.91. The van der Waals surface area contributed by atoms with Gasteiger partial charge in [0.2, 0.25) is 0 Å². The Labute approximate surface area is 203 Å². The number of aromatic amines is 1. The topological polar surface area (TPSA) is 91.2 Å². The number of rotatable bonds is 5. The first-order chi connectivity index (χ1) is 16.9. The Hall–Kier alpha value is -4.13. The highest BCUT2D eigenvalue weighted by molar-refractivity contribution is 6.09. The van der Waals surface area contributed by atoms with Crippen LogP contribution in [0, 0.1) is 13.8 Å². The molecule has 1 aliphatic heterocycles. The van der Waals surface area contributed by atoms with E-state index in [1.54, 1.807) is 42.9 Å². The molecule has 2 aromatic heterocycles. The highest BCUT2D eigenvalue weighted by Gasteiger charge is 2.25. The zero-order valence-electron chi connectivity index (χ0n) is 19.9. The van der Waals surface area contributed by atoms with E-state index in [1.807, 2.05) is 42.6 Å². The first kappa shape index (κ1) is 22.7. The zero-order chi connectivity index (χ0) is 24.5. The number of benzene rings is 2. The summed E-state index contributed by atoms with van der Waals surface area (Å²) < 4.78 is 1.79. The number of anilines is 1. The highest BCUT2D eigenvalue weighted by atomic mass is 16.3. The number of aryl methyl sites for hydroxylation is 2. The molecule has 1 saturated heterocycles. The van der Waals surface area contributed by atoms with Gasteiger partial charge in [-0.05, 0) is 80.1 Å². The van der Waals surface area contributed by atoms with Gasteiger partial charge < -0.3 is 10.0 Å². The summed E-state index contributed by atoms with van der Waals surface area (Å²) in [6.07, 6.45) is 5.24. The first-order valence-corrected chi connectivity index (χ1v) is 11.8. The van der Waals surface area contributed by atoms with Crippen LogP contribution < -0.4 is 10.5 Å². The Morgan fingerprint density at radius 3 is 2.37 bits per heavy atom.